The van der Waals surface area contributed by atoms with Crippen molar-refractivity contribution in [2.24, 2.45) is 0 Å². The lowest BCUT2D eigenvalue weighted by Crippen LogP contribution is -2.54. The largest absolute Gasteiger partial charge is 0.341 e. The van der Waals surface area contributed by atoms with Gasteiger partial charge in [-0.05, 0) is 43.6 Å². The summed E-state index contributed by atoms with van der Waals surface area (Å²) in [5, 5.41) is 9.07. The Morgan fingerprint density at radius 3 is 1.96 bits per heavy atom. The molecule has 1 heterocycles. The van der Waals surface area contributed by atoms with Crippen LogP contribution in [0.4, 0.5) is 4.79 Å². The molecule has 146 valence electrons. The highest BCUT2D eigenvalue weighted by molar-refractivity contribution is 7.85. The summed E-state index contributed by atoms with van der Waals surface area (Å²) in [5.74, 6) is 0. The van der Waals surface area contributed by atoms with E-state index in [9.17, 15) is 13.2 Å². The van der Waals surface area contributed by atoms with Gasteiger partial charge in [-0.1, -0.05) is 48.5 Å². The Morgan fingerprint density at radius 1 is 1.00 bits per heavy atom. The molecular formula is C19H25N3O4S. The van der Waals surface area contributed by atoms with Crippen molar-refractivity contribution in [1.29, 1.82) is 0 Å². The van der Waals surface area contributed by atoms with E-state index >= 15 is 0 Å². The quantitative estimate of drug-likeness (QED) is 0.600. The summed E-state index contributed by atoms with van der Waals surface area (Å²) in [4.78, 5) is 11.5. The van der Waals surface area contributed by atoms with Gasteiger partial charge in [0.1, 0.15) is 0 Å². The number of rotatable bonds is 3. The maximum Gasteiger partial charge on any atom is 0.315 e. The van der Waals surface area contributed by atoms with Gasteiger partial charge in [0, 0.05) is 7.05 Å². The van der Waals surface area contributed by atoms with Gasteiger partial charge in [-0.3, -0.25) is 4.55 Å². The minimum absolute atomic E-state index is 0.0741. The lowest BCUT2D eigenvalue weighted by Gasteiger charge is -2.38. The number of nitrogens with one attached hydrogen (secondary N) is 3. The number of urea groups is 1. The lowest BCUT2D eigenvalue weighted by atomic mass is 9.81. The number of carbonyl (C=O) groups is 1. The van der Waals surface area contributed by atoms with Crippen molar-refractivity contribution in [3.63, 3.8) is 0 Å². The van der Waals surface area contributed by atoms with Crippen LogP contribution in [0.15, 0.2) is 65.6 Å². The first-order valence-electron chi connectivity index (χ1n) is 8.66. The zero-order chi connectivity index (χ0) is 19.8. The van der Waals surface area contributed by atoms with Gasteiger partial charge >= 0.3 is 6.03 Å². The van der Waals surface area contributed by atoms with Gasteiger partial charge in [0.05, 0.1) is 10.4 Å². The summed E-state index contributed by atoms with van der Waals surface area (Å²) in [7, 11) is -2.35. The summed E-state index contributed by atoms with van der Waals surface area (Å²) in [6, 6.07) is 17.5. The Morgan fingerprint density at radius 2 is 1.52 bits per heavy atom. The molecule has 27 heavy (non-hydrogen) atoms. The van der Waals surface area contributed by atoms with Gasteiger partial charge in [-0.15, -0.1) is 0 Å². The average molecular weight is 391 g/mol. The van der Waals surface area contributed by atoms with Gasteiger partial charge in [0.15, 0.2) is 0 Å². The van der Waals surface area contributed by atoms with Crippen LogP contribution in [0.25, 0.3) is 0 Å². The van der Waals surface area contributed by atoms with Crippen LogP contribution < -0.4 is 16.0 Å². The molecule has 0 spiro atoms. The molecule has 0 radical (unpaired) electrons. The zero-order valence-electron chi connectivity index (χ0n) is 15.2. The van der Waals surface area contributed by atoms with Crippen LogP contribution in [0.5, 0.6) is 0 Å². The number of carbonyl (C=O) groups excluding carboxylic acids is 1. The molecule has 0 aromatic heterocycles. The Labute approximate surface area is 159 Å². The molecule has 1 aliphatic rings. The third kappa shape index (κ3) is 6.06. The Kier molecular flexibility index (Phi) is 7.35. The Bertz CT molecular complexity index is 821. The van der Waals surface area contributed by atoms with Crippen molar-refractivity contribution in [2.45, 2.75) is 23.3 Å². The number of piperidine rings is 1. The maximum absolute atomic E-state index is 11.6. The van der Waals surface area contributed by atoms with Crippen molar-refractivity contribution in [3.8, 4) is 0 Å². The van der Waals surface area contributed by atoms with E-state index in [0.717, 1.165) is 25.9 Å². The highest BCUT2D eigenvalue weighted by atomic mass is 32.2. The van der Waals surface area contributed by atoms with Crippen LogP contribution >= 0.6 is 0 Å². The Hall–Kier alpha value is -2.42. The third-order valence-corrected chi connectivity index (χ3v) is 5.27. The summed E-state index contributed by atoms with van der Waals surface area (Å²) < 4.78 is 29.2. The van der Waals surface area contributed by atoms with Gasteiger partial charge in [0.2, 0.25) is 0 Å². The van der Waals surface area contributed by atoms with E-state index in [1.54, 1.807) is 25.2 Å². The average Bonchev–Trinajstić information content (AvgIpc) is 2.70. The van der Waals surface area contributed by atoms with Crippen molar-refractivity contribution >= 4 is 16.1 Å². The van der Waals surface area contributed by atoms with E-state index in [2.05, 4.69) is 28.1 Å². The van der Waals surface area contributed by atoms with E-state index < -0.39 is 10.1 Å². The highest BCUT2D eigenvalue weighted by Gasteiger charge is 2.34. The first kappa shape index (κ1) is 20.9. The lowest BCUT2D eigenvalue weighted by molar-refractivity contribution is 0.209. The van der Waals surface area contributed by atoms with Crippen LogP contribution in [0, 0.1) is 0 Å². The van der Waals surface area contributed by atoms with Crippen LogP contribution in [-0.2, 0) is 15.7 Å². The fourth-order valence-electron chi connectivity index (χ4n) is 2.97. The molecule has 4 N–H and O–H groups in total. The zero-order valence-corrected chi connectivity index (χ0v) is 16.0. The van der Waals surface area contributed by atoms with Crippen molar-refractivity contribution < 1.29 is 17.8 Å². The van der Waals surface area contributed by atoms with Gasteiger partial charge in [-0.25, -0.2) is 4.79 Å². The van der Waals surface area contributed by atoms with Crippen molar-refractivity contribution in [3.05, 3.63) is 66.2 Å². The molecule has 0 atom stereocenters. The van der Waals surface area contributed by atoms with E-state index in [1.165, 1.54) is 17.7 Å². The van der Waals surface area contributed by atoms with E-state index in [0.29, 0.717) is 0 Å². The molecule has 0 unspecified atom stereocenters. The van der Waals surface area contributed by atoms with Crippen LogP contribution in [0.1, 0.15) is 18.4 Å². The third-order valence-electron chi connectivity index (χ3n) is 4.40. The van der Waals surface area contributed by atoms with Crippen LogP contribution in [0.2, 0.25) is 0 Å². The summed E-state index contributed by atoms with van der Waals surface area (Å²) >= 11 is 0. The van der Waals surface area contributed by atoms with Crippen molar-refractivity contribution in [2.75, 3.05) is 20.1 Å². The molecule has 1 aliphatic heterocycles. The fraction of sp³-hybridized carbons (Fsp3) is 0.316. The van der Waals surface area contributed by atoms with E-state index in [4.69, 9.17) is 4.55 Å². The van der Waals surface area contributed by atoms with Gasteiger partial charge in [-0.2, -0.15) is 8.42 Å². The molecular weight excluding hydrogens is 366 g/mol. The molecule has 2 amide bonds. The monoisotopic (exact) mass is 391 g/mol. The van der Waals surface area contributed by atoms with E-state index in [1.807, 2.05) is 18.2 Å². The molecule has 0 bridgehead atoms. The van der Waals surface area contributed by atoms with E-state index in [-0.39, 0.29) is 16.5 Å². The van der Waals surface area contributed by atoms with Crippen molar-refractivity contribution in [1.82, 2.24) is 16.0 Å². The second-order valence-corrected chi connectivity index (χ2v) is 7.61. The second-order valence-electron chi connectivity index (χ2n) is 6.19. The molecule has 1 fully saturated rings. The highest BCUT2D eigenvalue weighted by Crippen LogP contribution is 2.30. The molecule has 8 heteroatoms. The number of benzene rings is 2. The SMILES string of the molecule is CNC(=O)NC1(c2ccccc2)CCNCC1.O=S(=O)(O)c1ccccc1. The molecule has 3 rings (SSSR count). The minimum Gasteiger partial charge on any atom is -0.341 e. The predicted molar refractivity (Wildman–Crippen MR) is 104 cm³/mol. The van der Waals surface area contributed by atoms with Crippen LogP contribution in [0.3, 0.4) is 0 Å². The van der Waals surface area contributed by atoms with Gasteiger partial charge < -0.3 is 16.0 Å². The smallest absolute Gasteiger partial charge is 0.315 e. The first-order valence-corrected chi connectivity index (χ1v) is 10.1. The molecule has 0 saturated carbocycles. The summed E-state index contributed by atoms with van der Waals surface area (Å²) in [6.45, 7) is 1.86. The molecule has 2 aromatic carbocycles. The fourth-order valence-corrected chi connectivity index (χ4v) is 3.47. The topological polar surface area (TPSA) is 108 Å². The minimum atomic E-state index is -4.00. The Balaban J connectivity index is 0.000000223. The normalized spacial score (nSPS) is 15.8. The molecule has 7 nitrogen and oxygen atoms in total. The standard InChI is InChI=1S/C13H19N3O.C6H6O3S/c1-14-12(17)16-13(7-9-15-10-8-13)11-5-3-2-4-6-11;7-10(8,9)6-4-2-1-3-5-6/h2-6,15H,7-10H2,1H3,(H2,14,16,17);1-5H,(H,7,8,9). The first-order chi connectivity index (χ1) is 12.9. The molecule has 2 aromatic rings. The predicted octanol–water partition coefficient (Wildman–Crippen LogP) is 2.13. The maximum atomic E-state index is 11.6. The molecule has 0 aliphatic carbocycles. The number of hydrogen-bond donors (Lipinski definition) is 4. The second kappa shape index (κ2) is 9.50. The molecule has 1 saturated heterocycles. The summed E-state index contributed by atoms with van der Waals surface area (Å²) in [5.41, 5.74) is 0.956. The van der Waals surface area contributed by atoms with Crippen LogP contribution in [-0.4, -0.2) is 39.1 Å². The van der Waals surface area contributed by atoms with Gasteiger partial charge in [0.25, 0.3) is 10.1 Å². The number of amides is 2. The summed E-state index contributed by atoms with van der Waals surface area (Å²) in [6.07, 6.45) is 1.84. The number of hydrogen-bond acceptors (Lipinski definition) is 4.